The van der Waals surface area contributed by atoms with Crippen molar-refractivity contribution in [1.29, 1.82) is 0 Å². The van der Waals surface area contributed by atoms with E-state index in [1.54, 1.807) is 23.3 Å². The van der Waals surface area contributed by atoms with Gasteiger partial charge >= 0.3 is 0 Å². The Morgan fingerprint density at radius 2 is 1.92 bits per heavy atom. The summed E-state index contributed by atoms with van der Waals surface area (Å²) >= 11 is 0. The summed E-state index contributed by atoms with van der Waals surface area (Å²) in [5, 5.41) is 7.58. The summed E-state index contributed by atoms with van der Waals surface area (Å²) in [5.74, 6) is -0.881. The third-order valence-electron chi connectivity index (χ3n) is 3.63. The molecule has 0 atom stereocenters. The van der Waals surface area contributed by atoms with Crippen LogP contribution >= 0.6 is 0 Å². The van der Waals surface area contributed by atoms with Gasteiger partial charge < -0.3 is 5.32 Å². The third kappa shape index (κ3) is 2.87. The van der Waals surface area contributed by atoms with Gasteiger partial charge in [-0.2, -0.15) is 5.10 Å². The molecule has 0 fully saturated rings. The van der Waals surface area contributed by atoms with E-state index < -0.39 is 11.6 Å². The third-order valence-corrected chi connectivity index (χ3v) is 3.63. The predicted molar refractivity (Wildman–Crippen MR) is 85.9 cm³/mol. The molecule has 3 aromatic heterocycles. The Balaban J connectivity index is 1.67. The molecule has 4 aromatic rings. The Bertz CT molecular complexity index is 1030. The average Bonchev–Trinajstić information content (AvgIpc) is 3.16. The number of halogens is 2. The number of nitrogens with zero attached hydrogens (tertiary/aromatic N) is 6. The van der Waals surface area contributed by atoms with Gasteiger partial charge in [0.2, 0.25) is 0 Å². The van der Waals surface area contributed by atoms with E-state index in [4.69, 9.17) is 0 Å². The van der Waals surface area contributed by atoms with Crippen LogP contribution in [0.4, 0.5) is 14.6 Å². The maximum absolute atomic E-state index is 13.6. The highest BCUT2D eigenvalue weighted by molar-refractivity contribution is 5.88. The second-order valence-corrected chi connectivity index (χ2v) is 5.19. The van der Waals surface area contributed by atoms with Crippen LogP contribution in [-0.2, 0) is 6.54 Å². The first kappa shape index (κ1) is 15.1. The van der Waals surface area contributed by atoms with E-state index in [0.717, 1.165) is 17.7 Å². The van der Waals surface area contributed by atoms with Crippen LogP contribution in [0.1, 0.15) is 5.56 Å². The molecular formula is C16H11F2N7. The van der Waals surface area contributed by atoms with Gasteiger partial charge in [0.1, 0.15) is 24.8 Å². The largest absolute Gasteiger partial charge is 0.365 e. The molecule has 0 saturated heterocycles. The highest BCUT2D eigenvalue weighted by Gasteiger charge is 2.11. The smallest absolute Gasteiger partial charge is 0.161 e. The van der Waals surface area contributed by atoms with Crippen molar-refractivity contribution in [1.82, 2.24) is 29.7 Å². The van der Waals surface area contributed by atoms with Gasteiger partial charge in [-0.1, -0.05) is 6.07 Å². The highest BCUT2D eigenvalue weighted by atomic mass is 19.2. The van der Waals surface area contributed by atoms with Gasteiger partial charge in [-0.25, -0.2) is 33.4 Å². The van der Waals surface area contributed by atoms with E-state index in [2.05, 4.69) is 30.4 Å². The zero-order chi connectivity index (χ0) is 17.2. The quantitative estimate of drug-likeness (QED) is 0.615. The molecule has 0 amide bonds. The van der Waals surface area contributed by atoms with Crippen molar-refractivity contribution in [2.75, 3.05) is 5.32 Å². The van der Waals surface area contributed by atoms with Crippen molar-refractivity contribution in [2.24, 2.45) is 0 Å². The van der Waals surface area contributed by atoms with Crippen LogP contribution in [0.25, 0.3) is 16.7 Å². The molecule has 0 unspecified atom stereocenters. The minimum Gasteiger partial charge on any atom is -0.365 e. The molecule has 0 saturated carbocycles. The van der Waals surface area contributed by atoms with Gasteiger partial charge in [-0.15, -0.1) is 0 Å². The van der Waals surface area contributed by atoms with Crippen molar-refractivity contribution in [3.63, 3.8) is 0 Å². The summed E-state index contributed by atoms with van der Waals surface area (Å²) in [6, 6.07) is 5.79. The number of pyridine rings is 1. The van der Waals surface area contributed by atoms with Crippen molar-refractivity contribution in [3.05, 3.63) is 66.6 Å². The van der Waals surface area contributed by atoms with E-state index in [1.807, 2.05) is 6.07 Å². The summed E-state index contributed by atoms with van der Waals surface area (Å²) in [6.07, 6.45) is 5.91. The second-order valence-electron chi connectivity index (χ2n) is 5.19. The zero-order valence-corrected chi connectivity index (χ0v) is 12.8. The Morgan fingerprint density at radius 3 is 2.76 bits per heavy atom. The molecular weight excluding hydrogens is 328 g/mol. The number of aromatic nitrogens is 6. The molecule has 1 N–H and O–H groups in total. The van der Waals surface area contributed by atoms with Crippen LogP contribution < -0.4 is 5.32 Å². The Kier molecular flexibility index (Phi) is 3.73. The van der Waals surface area contributed by atoms with Crippen LogP contribution in [0.15, 0.2) is 49.4 Å². The first-order chi connectivity index (χ1) is 12.2. The van der Waals surface area contributed by atoms with Crippen LogP contribution in [0.3, 0.4) is 0 Å². The highest BCUT2D eigenvalue weighted by Crippen LogP contribution is 2.23. The van der Waals surface area contributed by atoms with E-state index >= 15 is 0 Å². The van der Waals surface area contributed by atoms with E-state index in [9.17, 15) is 8.78 Å². The number of fused-ring (bicyclic) bond motifs is 1. The van der Waals surface area contributed by atoms with E-state index in [1.165, 1.54) is 12.7 Å². The number of hydrogen-bond donors (Lipinski definition) is 1. The van der Waals surface area contributed by atoms with Crippen LogP contribution in [-0.4, -0.2) is 29.7 Å². The number of benzene rings is 1. The fourth-order valence-electron chi connectivity index (χ4n) is 2.46. The van der Waals surface area contributed by atoms with E-state index in [-0.39, 0.29) is 0 Å². The zero-order valence-electron chi connectivity index (χ0n) is 12.8. The lowest BCUT2D eigenvalue weighted by atomic mass is 10.2. The van der Waals surface area contributed by atoms with Crippen LogP contribution in [0, 0.1) is 11.6 Å². The Morgan fingerprint density at radius 1 is 1.04 bits per heavy atom. The van der Waals surface area contributed by atoms with Crippen molar-refractivity contribution in [3.8, 4) is 5.82 Å². The second kappa shape index (κ2) is 6.19. The SMILES string of the molecule is Fc1cc2ncnc(NCc3cccnc3-n3cncn3)c2cc1F. The summed E-state index contributed by atoms with van der Waals surface area (Å²) in [6.45, 7) is 0.355. The number of hydrogen-bond acceptors (Lipinski definition) is 6. The summed E-state index contributed by atoms with van der Waals surface area (Å²) < 4.78 is 28.5. The number of anilines is 1. The van der Waals surface area contributed by atoms with Crippen molar-refractivity contribution >= 4 is 16.7 Å². The normalized spacial score (nSPS) is 11.0. The molecule has 0 bridgehead atoms. The first-order valence-electron chi connectivity index (χ1n) is 7.35. The monoisotopic (exact) mass is 339 g/mol. The lowest BCUT2D eigenvalue weighted by Gasteiger charge is -2.11. The molecule has 0 aliphatic heterocycles. The molecule has 7 nitrogen and oxygen atoms in total. The number of nitrogens with one attached hydrogen (secondary N) is 1. The van der Waals surface area contributed by atoms with Gasteiger partial charge in [0.05, 0.1) is 5.52 Å². The van der Waals surface area contributed by atoms with Crippen LogP contribution in [0.5, 0.6) is 0 Å². The van der Waals surface area contributed by atoms with Gasteiger partial charge in [0.25, 0.3) is 0 Å². The fourth-order valence-corrected chi connectivity index (χ4v) is 2.46. The molecule has 9 heteroatoms. The van der Waals surface area contributed by atoms with Crippen molar-refractivity contribution in [2.45, 2.75) is 6.54 Å². The Hall–Kier alpha value is -3.49. The topological polar surface area (TPSA) is 81.4 Å². The van der Waals surface area contributed by atoms with Gasteiger partial charge in [0, 0.05) is 29.8 Å². The summed E-state index contributed by atoms with van der Waals surface area (Å²) in [4.78, 5) is 16.3. The maximum atomic E-state index is 13.6. The molecule has 0 aliphatic carbocycles. The molecule has 25 heavy (non-hydrogen) atoms. The maximum Gasteiger partial charge on any atom is 0.161 e. The molecule has 3 heterocycles. The fraction of sp³-hybridized carbons (Fsp3) is 0.0625. The van der Waals surface area contributed by atoms with Crippen molar-refractivity contribution < 1.29 is 8.78 Å². The predicted octanol–water partition coefficient (Wildman–Crippen LogP) is 2.50. The molecule has 1 aromatic carbocycles. The van der Waals surface area contributed by atoms with Crippen LogP contribution in [0.2, 0.25) is 0 Å². The van der Waals surface area contributed by atoms with E-state index in [0.29, 0.717) is 29.1 Å². The first-order valence-corrected chi connectivity index (χ1v) is 7.35. The molecule has 124 valence electrons. The average molecular weight is 339 g/mol. The lowest BCUT2D eigenvalue weighted by molar-refractivity contribution is 0.510. The van der Waals surface area contributed by atoms with Gasteiger partial charge in [-0.3, -0.25) is 0 Å². The molecule has 0 aliphatic rings. The van der Waals surface area contributed by atoms with Gasteiger partial charge in [-0.05, 0) is 12.1 Å². The lowest BCUT2D eigenvalue weighted by Crippen LogP contribution is -2.08. The summed E-state index contributed by atoms with van der Waals surface area (Å²) in [7, 11) is 0. The van der Waals surface area contributed by atoms with Gasteiger partial charge in [0.15, 0.2) is 17.5 Å². The Labute approximate surface area is 140 Å². The molecule has 4 rings (SSSR count). The minimum atomic E-state index is -0.949. The standard InChI is InChI=1S/C16H11F2N7/c17-12-4-11-14(5-13(12)18)22-8-23-15(11)21-6-10-2-1-3-20-16(10)25-9-19-7-24-25/h1-5,7-9H,6H2,(H,21,22,23). The minimum absolute atomic E-state index is 0.319. The number of rotatable bonds is 4. The summed E-state index contributed by atoms with van der Waals surface area (Å²) in [5.41, 5.74) is 1.15. The molecule has 0 radical (unpaired) electrons. The molecule has 0 spiro atoms.